The molecule has 0 radical (unpaired) electrons. The SMILES string of the molecule is C[C@H]1CC[C@@H](CCC(=O)N(C)Cc2ccc(C(=O)O)cc2)O1. The molecule has 1 amide bonds. The molecule has 1 saturated heterocycles. The van der Waals surface area contributed by atoms with Gasteiger partial charge in [0.2, 0.25) is 5.91 Å². The van der Waals surface area contributed by atoms with Gasteiger partial charge in [-0.05, 0) is 43.9 Å². The van der Waals surface area contributed by atoms with Crippen molar-refractivity contribution in [2.75, 3.05) is 7.05 Å². The van der Waals surface area contributed by atoms with Crippen molar-refractivity contribution in [1.82, 2.24) is 4.90 Å². The second-order valence-corrected chi connectivity index (χ2v) is 5.94. The van der Waals surface area contributed by atoms with E-state index < -0.39 is 5.97 Å². The van der Waals surface area contributed by atoms with Crippen LogP contribution < -0.4 is 0 Å². The van der Waals surface area contributed by atoms with Gasteiger partial charge in [0, 0.05) is 20.0 Å². The number of carbonyl (C=O) groups is 2. The quantitative estimate of drug-likeness (QED) is 0.877. The summed E-state index contributed by atoms with van der Waals surface area (Å²) in [7, 11) is 1.77. The lowest BCUT2D eigenvalue weighted by Crippen LogP contribution is -2.27. The summed E-state index contributed by atoms with van der Waals surface area (Å²) in [6, 6.07) is 6.61. The topological polar surface area (TPSA) is 66.8 Å². The molecule has 5 nitrogen and oxygen atoms in total. The summed E-state index contributed by atoms with van der Waals surface area (Å²) in [5.41, 5.74) is 1.18. The number of nitrogens with zero attached hydrogens (tertiary/aromatic N) is 1. The number of carboxylic acid groups (broad SMARTS) is 1. The number of hydrogen-bond donors (Lipinski definition) is 1. The van der Waals surface area contributed by atoms with Crippen LogP contribution in [0.15, 0.2) is 24.3 Å². The maximum atomic E-state index is 12.1. The maximum Gasteiger partial charge on any atom is 0.335 e. The molecule has 1 heterocycles. The van der Waals surface area contributed by atoms with Crippen LogP contribution >= 0.6 is 0 Å². The van der Waals surface area contributed by atoms with Crippen LogP contribution in [0.3, 0.4) is 0 Å². The van der Waals surface area contributed by atoms with Gasteiger partial charge < -0.3 is 14.7 Å². The van der Waals surface area contributed by atoms with Crippen molar-refractivity contribution in [1.29, 1.82) is 0 Å². The van der Waals surface area contributed by atoms with Gasteiger partial charge in [-0.25, -0.2) is 4.79 Å². The summed E-state index contributed by atoms with van der Waals surface area (Å²) in [6.07, 6.45) is 3.89. The van der Waals surface area contributed by atoms with E-state index in [0.717, 1.165) is 24.8 Å². The number of carbonyl (C=O) groups excluding carboxylic acids is 1. The van der Waals surface area contributed by atoms with Gasteiger partial charge >= 0.3 is 5.97 Å². The second kappa shape index (κ2) is 7.40. The van der Waals surface area contributed by atoms with Gasteiger partial charge in [-0.15, -0.1) is 0 Å². The summed E-state index contributed by atoms with van der Waals surface area (Å²) in [5, 5.41) is 8.86. The Balaban J connectivity index is 1.79. The molecule has 2 atom stereocenters. The highest BCUT2D eigenvalue weighted by Gasteiger charge is 2.22. The van der Waals surface area contributed by atoms with E-state index in [2.05, 4.69) is 6.92 Å². The lowest BCUT2D eigenvalue weighted by Gasteiger charge is -2.18. The Morgan fingerprint density at radius 1 is 1.27 bits per heavy atom. The Hall–Kier alpha value is -1.88. The Bertz CT molecular complexity index is 526. The molecule has 0 aromatic heterocycles. The van der Waals surface area contributed by atoms with Crippen LogP contribution in [0.5, 0.6) is 0 Å². The van der Waals surface area contributed by atoms with Crippen LogP contribution in [0.4, 0.5) is 0 Å². The van der Waals surface area contributed by atoms with Crippen molar-refractivity contribution in [3.05, 3.63) is 35.4 Å². The zero-order chi connectivity index (χ0) is 16.1. The van der Waals surface area contributed by atoms with E-state index in [4.69, 9.17) is 9.84 Å². The predicted octanol–water partition coefficient (Wildman–Crippen LogP) is 2.69. The fraction of sp³-hybridized carbons (Fsp3) is 0.529. The summed E-state index contributed by atoms with van der Waals surface area (Å²) < 4.78 is 5.72. The minimum atomic E-state index is -0.943. The third kappa shape index (κ3) is 4.56. The molecule has 22 heavy (non-hydrogen) atoms. The highest BCUT2D eigenvalue weighted by Crippen LogP contribution is 2.22. The monoisotopic (exact) mass is 305 g/mol. The maximum absolute atomic E-state index is 12.1. The molecule has 0 unspecified atom stereocenters. The normalized spacial score (nSPS) is 20.8. The average Bonchev–Trinajstić information content (AvgIpc) is 2.91. The van der Waals surface area contributed by atoms with E-state index in [1.54, 1.807) is 36.2 Å². The molecule has 1 aliphatic heterocycles. The number of aromatic carboxylic acids is 1. The standard InChI is InChI=1S/C17H23NO4/c1-12-3-8-15(22-12)9-10-16(19)18(2)11-13-4-6-14(7-5-13)17(20)21/h4-7,12,15H,3,8-11H2,1-2H3,(H,20,21)/t12-,15-/m0/s1. The van der Waals surface area contributed by atoms with E-state index in [0.29, 0.717) is 19.1 Å². The van der Waals surface area contributed by atoms with Crippen molar-refractivity contribution in [2.24, 2.45) is 0 Å². The zero-order valence-corrected chi connectivity index (χ0v) is 13.1. The van der Waals surface area contributed by atoms with E-state index >= 15 is 0 Å². The van der Waals surface area contributed by atoms with Crippen LogP contribution in [0.1, 0.15) is 48.5 Å². The third-order valence-electron chi connectivity index (χ3n) is 4.05. The molecule has 0 spiro atoms. The van der Waals surface area contributed by atoms with Crippen molar-refractivity contribution >= 4 is 11.9 Å². The predicted molar refractivity (Wildman–Crippen MR) is 82.7 cm³/mol. The van der Waals surface area contributed by atoms with Crippen molar-refractivity contribution < 1.29 is 19.4 Å². The zero-order valence-electron chi connectivity index (χ0n) is 13.1. The first kappa shape index (κ1) is 16.5. The van der Waals surface area contributed by atoms with Gasteiger partial charge in [0.25, 0.3) is 0 Å². The van der Waals surface area contributed by atoms with E-state index in [-0.39, 0.29) is 17.6 Å². The third-order valence-corrected chi connectivity index (χ3v) is 4.05. The number of amides is 1. The van der Waals surface area contributed by atoms with E-state index in [1.807, 2.05) is 0 Å². The van der Waals surface area contributed by atoms with Gasteiger partial charge in [-0.2, -0.15) is 0 Å². The number of benzene rings is 1. The van der Waals surface area contributed by atoms with Crippen LogP contribution in [0.2, 0.25) is 0 Å². The minimum absolute atomic E-state index is 0.0884. The van der Waals surface area contributed by atoms with Gasteiger partial charge in [-0.1, -0.05) is 12.1 Å². The van der Waals surface area contributed by atoms with Gasteiger partial charge in [0.15, 0.2) is 0 Å². The Morgan fingerprint density at radius 2 is 1.95 bits per heavy atom. The minimum Gasteiger partial charge on any atom is -0.478 e. The first-order valence-corrected chi connectivity index (χ1v) is 7.67. The fourth-order valence-electron chi connectivity index (χ4n) is 2.69. The number of carboxylic acids is 1. The van der Waals surface area contributed by atoms with Gasteiger partial charge in [0.05, 0.1) is 17.8 Å². The molecule has 120 valence electrons. The van der Waals surface area contributed by atoms with Crippen molar-refractivity contribution in [3.8, 4) is 0 Å². The Morgan fingerprint density at radius 3 is 2.50 bits per heavy atom. The molecular weight excluding hydrogens is 282 g/mol. The van der Waals surface area contributed by atoms with Crippen molar-refractivity contribution in [2.45, 2.75) is 51.4 Å². The Labute approximate surface area is 130 Å². The molecule has 2 rings (SSSR count). The molecular formula is C17H23NO4. The smallest absolute Gasteiger partial charge is 0.335 e. The highest BCUT2D eigenvalue weighted by molar-refractivity contribution is 5.87. The molecule has 0 saturated carbocycles. The van der Waals surface area contributed by atoms with Crippen LogP contribution in [0, 0.1) is 0 Å². The summed E-state index contributed by atoms with van der Waals surface area (Å²) in [5.74, 6) is -0.854. The molecule has 0 aliphatic carbocycles. The molecule has 1 aromatic rings. The van der Waals surface area contributed by atoms with Crippen molar-refractivity contribution in [3.63, 3.8) is 0 Å². The van der Waals surface area contributed by atoms with Crippen LogP contribution in [-0.4, -0.2) is 41.1 Å². The number of hydrogen-bond acceptors (Lipinski definition) is 3. The molecule has 1 aromatic carbocycles. The second-order valence-electron chi connectivity index (χ2n) is 5.94. The lowest BCUT2D eigenvalue weighted by atomic mass is 10.1. The summed E-state index contributed by atoms with van der Waals surface area (Å²) >= 11 is 0. The highest BCUT2D eigenvalue weighted by atomic mass is 16.5. The lowest BCUT2D eigenvalue weighted by molar-refractivity contribution is -0.131. The molecule has 1 N–H and O–H groups in total. The van der Waals surface area contributed by atoms with Gasteiger partial charge in [-0.3, -0.25) is 4.79 Å². The first-order chi connectivity index (χ1) is 10.5. The molecule has 5 heteroatoms. The van der Waals surface area contributed by atoms with Crippen LogP contribution in [0.25, 0.3) is 0 Å². The van der Waals surface area contributed by atoms with E-state index in [1.165, 1.54) is 0 Å². The molecule has 0 bridgehead atoms. The summed E-state index contributed by atoms with van der Waals surface area (Å²) in [4.78, 5) is 24.6. The van der Waals surface area contributed by atoms with Crippen LogP contribution in [-0.2, 0) is 16.1 Å². The molecule has 1 aliphatic rings. The number of rotatable bonds is 6. The largest absolute Gasteiger partial charge is 0.478 e. The summed E-state index contributed by atoms with van der Waals surface area (Å²) in [6.45, 7) is 2.55. The average molecular weight is 305 g/mol. The molecule has 1 fully saturated rings. The fourth-order valence-corrected chi connectivity index (χ4v) is 2.69. The Kier molecular flexibility index (Phi) is 5.55. The first-order valence-electron chi connectivity index (χ1n) is 7.67. The van der Waals surface area contributed by atoms with Gasteiger partial charge in [0.1, 0.15) is 0 Å². The number of ether oxygens (including phenoxy) is 1. The van der Waals surface area contributed by atoms with E-state index in [9.17, 15) is 9.59 Å².